The zero-order valence-corrected chi connectivity index (χ0v) is 15.5. The zero-order chi connectivity index (χ0) is 17.7. The van der Waals surface area contributed by atoms with Gasteiger partial charge in [-0.25, -0.2) is 0 Å². The van der Waals surface area contributed by atoms with Crippen LogP contribution in [0.1, 0.15) is 89.9 Å². The van der Waals surface area contributed by atoms with Crippen LogP contribution in [0, 0.1) is 0 Å². The van der Waals surface area contributed by atoms with Crippen LogP contribution in [0.15, 0.2) is 12.2 Å². The first-order valence-electron chi connectivity index (χ1n) is 9.95. The number of rotatable bonds is 19. The van der Waals surface area contributed by atoms with Gasteiger partial charge >= 0.3 is 5.97 Å². The molecule has 0 atom stereocenters. The molecule has 24 heavy (non-hydrogen) atoms. The van der Waals surface area contributed by atoms with Gasteiger partial charge in [-0.1, -0.05) is 57.1 Å². The van der Waals surface area contributed by atoms with Gasteiger partial charge < -0.3 is 15.5 Å². The maximum Gasteiger partial charge on any atom is 0.303 e. The second kappa shape index (κ2) is 20.2. The molecule has 0 heterocycles. The first-order valence-corrected chi connectivity index (χ1v) is 9.95. The summed E-state index contributed by atoms with van der Waals surface area (Å²) in [4.78, 5) is 10.4. The molecule has 0 radical (unpaired) electrons. The first kappa shape index (κ1) is 23.1. The molecule has 0 fully saturated rings. The Morgan fingerprint density at radius 3 is 1.75 bits per heavy atom. The average Bonchev–Trinajstić information content (AvgIpc) is 2.56. The molecule has 0 aliphatic rings. The topological polar surface area (TPSA) is 69.6 Å². The fourth-order valence-corrected chi connectivity index (χ4v) is 2.73. The largest absolute Gasteiger partial charge is 0.481 e. The van der Waals surface area contributed by atoms with E-state index in [1.807, 2.05) is 0 Å². The molecule has 0 bridgehead atoms. The predicted octanol–water partition coefficient (Wildman–Crippen LogP) is 4.67. The number of allylic oxidation sites excluding steroid dienone is 2. The standard InChI is InChI=1S/C20H39NO3/c22-19-18-21-17-15-13-11-9-7-5-3-1-2-4-6-8-10-12-14-16-20(23)24/h1-2,21-22H,3-19H2,(H,23,24)/b2-1-. The second-order valence-electron chi connectivity index (χ2n) is 6.56. The minimum Gasteiger partial charge on any atom is -0.481 e. The lowest BCUT2D eigenvalue weighted by Gasteiger charge is -2.02. The summed E-state index contributed by atoms with van der Waals surface area (Å²) < 4.78 is 0. The van der Waals surface area contributed by atoms with Crippen molar-refractivity contribution >= 4 is 5.97 Å². The lowest BCUT2D eigenvalue weighted by atomic mass is 10.1. The van der Waals surface area contributed by atoms with Crippen molar-refractivity contribution in [3.8, 4) is 0 Å². The van der Waals surface area contributed by atoms with Crippen LogP contribution >= 0.6 is 0 Å². The third-order valence-corrected chi connectivity index (χ3v) is 4.19. The molecule has 3 N–H and O–H groups in total. The van der Waals surface area contributed by atoms with Gasteiger partial charge in [-0.15, -0.1) is 0 Å². The molecule has 0 saturated heterocycles. The van der Waals surface area contributed by atoms with E-state index in [1.165, 1.54) is 64.2 Å². The van der Waals surface area contributed by atoms with E-state index in [1.54, 1.807) is 0 Å². The van der Waals surface area contributed by atoms with E-state index >= 15 is 0 Å². The Morgan fingerprint density at radius 1 is 0.708 bits per heavy atom. The van der Waals surface area contributed by atoms with Crippen LogP contribution in [0.25, 0.3) is 0 Å². The Hall–Kier alpha value is -0.870. The number of nitrogens with one attached hydrogen (secondary N) is 1. The van der Waals surface area contributed by atoms with Gasteiger partial charge in [0, 0.05) is 13.0 Å². The van der Waals surface area contributed by atoms with Gasteiger partial charge in [0.05, 0.1) is 6.61 Å². The highest BCUT2D eigenvalue weighted by Gasteiger charge is 1.96. The van der Waals surface area contributed by atoms with E-state index in [-0.39, 0.29) is 6.61 Å². The van der Waals surface area contributed by atoms with Gasteiger partial charge in [0.2, 0.25) is 0 Å². The minimum absolute atomic E-state index is 0.236. The van der Waals surface area contributed by atoms with Crippen LogP contribution in [-0.4, -0.2) is 35.9 Å². The van der Waals surface area contributed by atoms with Crippen LogP contribution in [0.5, 0.6) is 0 Å². The Labute approximate surface area is 148 Å². The Bertz CT molecular complexity index is 293. The maximum absolute atomic E-state index is 10.4. The molecule has 0 spiro atoms. The highest BCUT2D eigenvalue weighted by atomic mass is 16.4. The van der Waals surface area contributed by atoms with Crippen molar-refractivity contribution in [3.05, 3.63) is 12.2 Å². The molecule has 0 amide bonds. The lowest BCUT2D eigenvalue weighted by molar-refractivity contribution is -0.137. The molecule has 142 valence electrons. The van der Waals surface area contributed by atoms with Crippen LogP contribution in [0.3, 0.4) is 0 Å². The highest BCUT2D eigenvalue weighted by Crippen LogP contribution is 2.09. The third-order valence-electron chi connectivity index (χ3n) is 4.19. The Balaban J connectivity index is 3.07. The monoisotopic (exact) mass is 341 g/mol. The summed E-state index contributed by atoms with van der Waals surface area (Å²) in [6, 6.07) is 0. The summed E-state index contributed by atoms with van der Waals surface area (Å²) in [6.07, 6.45) is 20.6. The molecule has 0 aliphatic heterocycles. The molecule has 4 nitrogen and oxygen atoms in total. The molecule has 0 aromatic heterocycles. The number of carbonyl (C=O) groups is 1. The number of carboxylic acids is 1. The number of aliphatic hydroxyl groups excluding tert-OH is 1. The van der Waals surface area contributed by atoms with Crippen LogP contribution in [0.2, 0.25) is 0 Å². The fourth-order valence-electron chi connectivity index (χ4n) is 2.73. The van der Waals surface area contributed by atoms with Crippen molar-refractivity contribution in [1.29, 1.82) is 0 Å². The molecule has 4 heteroatoms. The van der Waals surface area contributed by atoms with Crippen molar-refractivity contribution in [3.63, 3.8) is 0 Å². The summed E-state index contributed by atoms with van der Waals surface area (Å²) >= 11 is 0. The predicted molar refractivity (Wildman–Crippen MR) is 101 cm³/mol. The minimum atomic E-state index is -0.673. The van der Waals surface area contributed by atoms with Crippen molar-refractivity contribution in [1.82, 2.24) is 5.32 Å². The van der Waals surface area contributed by atoms with Gasteiger partial charge in [0.1, 0.15) is 0 Å². The molecule has 0 saturated carbocycles. The summed E-state index contributed by atoms with van der Waals surface area (Å²) in [7, 11) is 0. The van der Waals surface area contributed by atoms with E-state index in [9.17, 15) is 4.79 Å². The maximum atomic E-state index is 10.4. The summed E-state index contributed by atoms with van der Waals surface area (Å²) in [6.45, 7) is 1.99. The van der Waals surface area contributed by atoms with Crippen LogP contribution < -0.4 is 5.32 Å². The summed E-state index contributed by atoms with van der Waals surface area (Å²) in [5.41, 5.74) is 0. The molecule has 0 unspecified atom stereocenters. The van der Waals surface area contributed by atoms with E-state index in [4.69, 9.17) is 10.2 Å². The van der Waals surface area contributed by atoms with Crippen molar-refractivity contribution in [2.24, 2.45) is 0 Å². The van der Waals surface area contributed by atoms with Crippen LogP contribution in [0.4, 0.5) is 0 Å². The van der Waals surface area contributed by atoms with Gasteiger partial charge in [-0.3, -0.25) is 4.79 Å². The number of unbranched alkanes of at least 4 members (excludes halogenated alkanes) is 11. The van der Waals surface area contributed by atoms with Crippen molar-refractivity contribution in [2.75, 3.05) is 19.7 Å². The van der Waals surface area contributed by atoms with E-state index in [0.29, 0.717) is 6.42 Å². The Morgan fingerprint density at radius 2 is 1.21 bits per heavy atom. The summed E-state index contributed by atoms with van der Waals surface area (Å²) in [5, 5.41) is 20.4. The molecule has 0 aliphatic carbocycles. The van der Waals surface area contributed by atoms with Crippen LogP contribution in [-0.2, 0) is 4.79 Å². The summed E-state index contributed by atoms with van der Waals surface area (Å²) in [5.74, 6) is -0.673. The molecule has 0 aromatic rings. The SMILES string of the molecule is O=C(O)CCCCCCC/C=C\CCCCCCCCNCCO. The van der Waals surface area contributed by atoms with E-state index in [2.05, 4.69) is 17.5 Å². The third kappa shape index (κ3) is 21.1. The smallest absolute Gasteiger partial charge is 0.303 e. The number of aliphatic carboxylic acids is 1. The lowest BCUT2D eigenvalue weighted by Crippen LogP contribution is -2.19. The van der Waals surface area contributed by atoms with Crippen molar-refractivity contribution in [2.45, 2.75) is 89.9 Å². The number of hydrogen-bond donors (Lipinski definition) is 3. The Kier molecular flexibility index (Phi) is 19.4. The fraction of sp³-hybridized carbons (Fsp3) is 0.850. The van der Waals surface area contributed by atoms with Gasteiger partial charge in [0.25, 0.3) is 0 Å². The molecule has 0 aromatic carbocycles. The second-order valence-corrected chi connectivity index (χ2v) is 6.56. The first-order chi connectivity index (χ1) is 11.8. The zero-order valence-electron chi connectivity index (χ0n) is 15.5. The van der Waals surface area contributed by atoms with Gasteiger partial charge in [-0.05, 0) is 45.1 Å². The van der Waals surface area contributed by atoms with Gasteiger partial charge in [0.15, 0.2) is 0 Å². The quantitative estimate of drug-likeness (QED) is 0.236. The van der Waals surface area contributed by atoms with E-state index in [0.717, 1.165) is 32.4 Å². The van der Waals surface area contributed by atoms with Gasteiger partial charge in [-0.2, -0.15) is 0 Å². The van der Waals surface area contributed by atoms with E-state index < -0.39 is 5.97 Å². The molecular weight excluding hydrogens is 302 g/mol. The molecular formula is C20H39NO3. The highest BCUT2D eigenvalue weighted by molar-refractivity contribution is 5.66. The number of carboxylic acid groups (broad SMARTS) is 1. The number of aliphatic hydroxyl groups is 1. The van der Waals surface area contributed by atoms with Crippen molar-refractivity contribution < 1.29 is 15.0 Å². The molecule has 0 rings (SSSR count). The normalized spacial score (nSPS) is 11.4. The number of hydrogen-bond acceptors (Lipinski definition) is 3. The average molecular weight is 342 g/mol.